The van der Waals surface area contributed by atoms with Crippen molar-refractivity contribution in [1.29, 1.82) is 0 Å². The zero-order valence-corrected chi connectivity index (χ0v) is 16.3. The van der Waals surface area contributed by atoms with Gasteiger partial charge < -0.3 is 20.5 Å². The number of nitrogens with one attached hydrogen (secondary N) is 2. The summed E-state index contributed by atoms with van der Waals surface area (Å²) in [6.07, 6.45) is 5.92. The van der Waals surface area contributed by atoms with Crippen LogP contribution in [-0.4, -0.2) is 35.2 Å². The molecule has 0 fully saturated rings. The van der Waals surface area contributed by atoms with Gasteiger partial charge in [0.1, 0.15) is 18.7 Å². The maximum absolute atomic E-state index is 12.6. The van der Waals surface area contributed by atoms with E-state index in [0.29, 0.717) is 19.3 Å². The Kier molecular flexibility index (Phi) is 10.2. The molecule has 0 aromatic heterocycles. The highest BCUT2D eigenvalue weighted by atomic mass is 16.5. The summed E-state index contributed by atoms with van der Waals surface area (Å²) >= 11 is 0. The second-order valence-electron chi connectivity index (χ2n) is 6.88. The van der Waals surface area contributed by atoms with Gasteiger partial charge in [-0.05, 0) is 30.7 Å². The smallest absolute Gasteiger partial charge is 0.408 e. The summed E-state index contributed by atoms with van der Waals surface area (Å²) < 4.78 is 5.15. The molecule has 0 bridgehead atoms. The molecule has 7 nitrogen and oxygen atoms in total. The van der Waals surface area contributed by atoms with E-state index in [1.165, 1.54) is 0 Å². The fourth-order valence-electron chi connectivity index (χ4n) is 2.55. The third kappa shape index (κ3) is 9.08. The second kappa shape index (κ2) is 12.4. The van der Waals surface area contributed by atoms with Crippen molar-refractivity contribution in [2.45, 2.75) is 58.2 Å². The molecule has 2 atom stereocenters. The summed E-state index contributed by atoms with van der Waals surface area (Å²) in [5.41, 5.74) is 0.821. The van der Waals surface area contributed by atoms with Crippen LogP contribution < -0.4 is 10.6 Å². The molecule has 3 N–H and O–H groups in total. The third-order valence-corrected chi connectivity index (χ3v) is 3.96. The number of carbonyl (C=O) groups is 3. The van der Waals surface area contributed by atoms with Gasteiger partial charge in [0.25, 0.3) is 0 Å². The van der Waals surface area contributed by atoms with Gasteiger partial charge in [0.05, 0.1) is 0 Å². The van der Waals surface area contributed by atoms with E-state index in [0.717, 1.165) is 5.56 Å². The molecule has 0 radical (unpaired) electrons. The molecule has 28 heavy (non-hydrogen) atoms. The van der Waals surface area contributed by atoms with Gasteiger partial charge in [-0.3, -0.25) is 4.79 Å². The number of carbonyl (C=O) groups excluding carboxylic acids is 2. The first-order valence-electron chi connectivity index (χ1n) is 9.27. The van der Waals surface area contributed by atoms with E-state index in [9.17, 15) is 19.5 Å². The van der Waals surface area contributed by atoms with Crippen LogP contribution in [0.4, 0.5) is 4.79 Å². The van der Waals surface area contributed by atoms with Crippen molar-refractivity contribution < 1.29 is 24.2 Å². The highest BCUT2D eigenvalue weighted by molar-refractivity contribution is 5.89. The lowest BCUT2D eigenvalue weighted by molar-refractivity contribution is -0.142. The number of carboxylic acids is 1. The summed E-state index contributed by atoms with van der Waals surface area (Å²) in [7, 11) is 0. The monoisotopic (exact) mass is 388 g/mol. The van der Waals surface area contributed by atoms with Crippen LogP contribution in [0.2, 0.25) is 0 Å². The zero-order valence-electron chi connectivity index (χ0n) is 16.3. The van der Waals surface area contributed by atoms with E-state index in [2.05, 4.69) is 16.6 Å². The van der Waals surface area contributed by atoms with Crippen LogP contribution >= 0.6 is 0 Å². The molecule has 1 aromatic carbocycles. The molecule has 1 aromatic rings. The van der Waals surface area contributed by atoms with E-state index in [4.69, 9.17) is 11.2 Å². The van der Waals surface area contributed by atoms with E-state index >= 15 is 0 Å². The van der Waals surface area contributed by atoms with Crippen molar-refractivity contribution in [3.05, 3.63) is 35.9 Å². The van der Waals surface area contributed by atoms with Crippen LogP contribution in [0.3, 0.4) is 0 Å². The largest absolute Gasteiger partial charge is 0.480 e. The van der Waals surface area contributed by atoms with Crippen molar-refractivity contribution >= 4 is 18.0 Å². The van der Waals surface area contributed by atoms with Gasteiger partial charge in [-0.15, -0.1) is 12.3 Å². The molecule has 0 saturated heterocycles. The van der Waals surface area contributed by atoms with Gasteiger partial charge in [-0.1, -0.05) is 44.2 Å². The summed E-state index contributed by atoms with van der Waals surface area (Å²) in [6, 6.07) is 7.21. The molecular weight excluding hydrogens is 360 g/mol. The van der Waals surface area contributed by atoms with Gasteiger partial charge in [0.15, 0.2) is 0 Å². The number of alkyl carbamates (subject to hydrolysis) is 1. The first-order chi connectivity index (χ1) is 13.3. The highest BCUT2D eigenvalue weighted by Gasteiger charge is 2.27. The standard InChI is InChI=1S/C21H28N2O5/c1-4-5-7-12-17(20(25)26)22-19(24)18(13-15(2)3)23-21(27)28-14-16-10-8-6-9-11-16/h1,6,8-11,15,17-18H,5,7,12-14H2,2-3H3,(H,22,24)(H,23,27)(H,25,26)/t17-,18+/m1/s1. The minimum Gasteiger partial charge on any atom is -0.480 e. The summed E-state index contributed by atoms with van der Waals surface area (Å²) in [6.45, 7) is 3.88. The SMILES string of the molecule is C#CCCC[C@@H](NC(=O)[C@H](CC(C)C)NC(=O)OCc1ccccc1)C(=O)O. The molecule has 0 saturated carbocycles. The molecule has 7 heteroatoms. The van der Waals surface area contributed by atoms with Crippen LogP contribution in [0.5, 0.6) is 0 Å². The van der Waals surface area contributed by atoms with Gasteiger partial charge in [0, 0.05) is 6.42 Å². The Bertz CT molecular complexity index is 682. The van der Waals surface area contributed by atoms with Crippen LogP contribution in [-0.2, 0) is 20.9 Å². The van der Waals surface area contributed by atoms with Gasteiger partial charge in [0.2, 0.25) is 5.91 Å². The van der Waals surface area contributed by atoms with Crippen molar-refractivity contribution in [3.8, 4) is 12.3 Å². The number of terminal acetylenes is 1. The number of benzene rings is 1. The minimum absolute atomic E-state index is 0.0759. The van der Waals surface area contributed by atoms with E-state index in [1.54, 1.807) is 0 Å². The number of hydrogen-bond donors (Lipinski definition) is 3. The molecule has 0 unspecified atom stereocenters. The molecule has 1 rings (SSSR count). The number of unbranched alkanes of at least 4 members (excludes halogenated alkanes) is 1. The maximum Gasteiger partial charge on any atom is 0.408 e. The minimum atomic E-state index is -1.14. The average Bonchev–Trinajstić information content (AvgIpc) is 2.65. The lowest BCUT2D eigenvalue weighted by Crippen LogP contribution is -2.52. The lowest BCUT2D eigenvalue weighted by Gasteiger charge is -2.22. The van der Waals surface area contributed by atoms with Crippen molar-refractivity contribution in [2.24, 2.45) is 5.92 Å². The fourth-order valence-corrected chi connectivity index (χ4v) is 2.55. The molecule has 0 aliphatic rings. The summed E-state index contributed by atoms with van der Waals surface area (Å²) in [5.74, 6) is 0.849. The Balaban J connectivity index is 2.66. The number of hydrogen-bond acceptors (Lipinski definition) is 4. The molecule has 0 aliphatic carbocycles. The Morgan fingerprint density at radius 1 is 1.14 bits per heavy atom. The zero-order chi connectivity index (χ0) is 20.9. The highest BCUT2D eigenvalue weighted by Crippen LogP contribution is 2.08. The Labute approximate surface area is 165 Å². The Morgan fingerprint density at radius 2 is 1.82 bits per heavy atom. The Hall–Kier alpha value is -3.01. The third-order valence-electron chi connectivity index (χ3n) is 3.96. The molecule has 0 aliphatic heterocycles. The normalized spacial score (nSPS) is 12.5. The molecule has 0 spiro atoms. The quantitative estimate of drug-likeness (QED) is 0.399. The van der Waals surface area contributed by atoms with Crippen LogP contribution in [0.1, 0.15) is 45.1 Å². The maximum atomic E-state index is 12.6. The Morgan fingerprint density at radius 3 is 2.39 bits per heavy atom. The second-order valence-corrected chi connectivity index (χ2v) is 6.88. The van der Waals surface area contributed by atoms with Gasteiger partial charge >= 0.3 is 12.1 Å². The van der Waals surface area contributed by atoms with Gasteiger partial charge in [-0.25, -0.2) is 9.59 Å². The summed E-state index contributed by atoms with van der Waals surface area (Å²) in [5, 5.41) is 14.3. The van der Waals surface area contributed by atoms with E-state index in [1.807, 2.05) is 44.2 Å². The topological polar surface area (TPSA) is 105 Å². The van der Waals surface area contributed by atoms with Crippen molar-refractivity contribution in [2.75, 3.05) is 0 Å². The van der Waals surface area contributed by atoms with Crippen molar-refractivity contribution in [3.63, 3.8) is 0 Å². The van der Waals surface area contributed by atoms with E-state index < -0.39 is 30.1 Å². The first kappa shape index (κ1) is 23.0. The molecular formula is C21H28N2O5. The molecule has 2 amide bonds. The molecule has 152 valence electrons. The summed E-state index contributed by atoms with van der Waals surface area (Å²) in [4.78, 5) is 36.0. The number of amides is 2. The van der Waals surface area contributed by atoms with E-state index in [-0.39, 0.29) is 18.9 Å². The fraction of sp³-hybridized carbons (Fsp3) is 0.476. The lowest BCUT2D eigenvalue weighted by atomic mass is 10.0. The van der Waals surface area contributed by atoms with Crippen molar-refractivity contribution in [1.82, 2.24) is 10.6 Å². The first-order valence-corrected chi connectivity index (χ1v) is 9.27. The number of aliphatic carboxylic acids is 1. The number of rotatable bonds is 11. The van der Waals surface area contributed by atoms with Crippen LogP contribution in [0.15, 0.2) is 30.3 Å². The predicted molar refractivity (Wildman–Crippen MR) is 105 cm³/mol. The van der Waals surface area contributed by atoms with Gasteiger partial charge in [-0.2, -0.15) is 0 Å². The average molecular weight is 388 g/mol. The number of carboxylic acid groups (broad SMARTS) is 1. The number of ether oxygens (including phenoxy) is 1. The van der Waals surface area contributed by atoms with Crippen LogP contribution in [0, 0.1) is 18.3 Å². The predicted octanol–water partition coefficient (Wildman–Crippen LogP) is 2.70. The van der Waals surface area contributed by atoms with Crippen LogP contribution in [0.25, 0.3) is 0 Å². The molecule has 0 heterocycles.